The first-order valence-corrected chi connectivity index (χ1v) is 6.82. The van der Waals surface area contributed by atoms with Gasteiger partial charge in [-0.3, -0.25) is 14.5 Å². The summed E-state index contributed by atoms with van der Waals surface area (Å²) >= 11 is 6.07. The average Bonchev–Trinajstić information content (AvgIpc) is 2.69. The number of hydrogen-bond donors (Lipinski definition) is 0. The number of amides is 1. The van der Waals surface area contributed by atoms with Crippen LogP contribution in [0.15, 0.2) is 29.2 Å². The number of thiocarbonyl (C=S) groups is 1. The maximum Gasteiger partial charge on any atom is 0.325 e. The molecule has 1 heterocycles. The zero-order valence-electron chi connectivity index (χ0n) is 10.5. The first-order valence-electron chi connectivity index (χ1n) is 5.59. The van der Waals surface area contributed by atoms with Gasteiger partial charge in [-0.15, -0.1) is 0 Å². The molecule has 1 aliphatic rings. The Morgan fingerprint density at radius 3 is 2.85 bits per heavy atom. The summed E-state index contributed by atoms with van der Waals surface area (Å²) < 4.78 is 18.3. The highest BCUT2D eigenvalue weighted by molar-refractivity contribution is 8.26. The van der Waals surface area contributed by atoms with Crippen molar-refractivity contribution in [3.8, 4) is 0 Å². The topological polar surface area (TPSA) is 46.6 Å². The SMILES string of the molecule is COC(=O)CN1C(=O)C(=Cc2ccccc2F)SC1=S. The first-order chi connectivity index (χ1) is 9.52. The molecule has 0 aliphatic carbocycles. The van der Waals surface area contributed by atoms with Gasteiger partial charge in [-0.1, -0.05) is 42.2 Å². The highest BCUT2D eigenvalue weighted by Crippen LogP contribution is 2.32. The van der Waals surface area contributed by atoms with Gasteiger partial charge in [0.2, 0.25) is 0 Å². The number of nitrogens with zero attached hydrogens (tertiary/aromatic N) is 1. The van der Waals surface area contributed by atoms with Gasteiger partial charge in [0, 0.05) is 5.56 Å². The maximum absolute atomic E-state index is 13.5. The zero-order valence-corrected chi connectivity index (χ0v) is 12.1. The van der Waals surface area contributed by atoms with E-state index in [4.69, 9.17) is 12.2 Å². The number of carbonyl (C=O) groups is 2. The Hall–Kier alpha value is -1.73. The Morgan fingerprint density at radius 2 is 2.20 bits per heavy atom. The fraction of sp³-hybridized carbons (Fsp3) is 0.154. The molecular formula is C13H10FNO3S2. The van der Waals surface area contributed by atoms with Crippen LogP contribution in [-0.2, 0) is 14.3 Å². The van der Waals surface area contributed by atoms with Crippen molar-refractivity contribution in [3.05, 3.63) is 40.6 Å². The van der Waals surface area contributed by atoms with Crippen LogP contribution < -0.4 is 0 Å². The van der Waals surface area contributed by atoms with Gasteiger partial charge in [0.25, 0.3) is 5.91 Å². The minimum Gasteiger partial charge on any atom is -0.468 e. The van der Waals surface area contributed by atoms with E-state index < -0.39 is 17.7 Å². The van der Waals surface area contributed by atoms with Crippen molar-refractivity contribution in [1.82, 2.24) is 4.90 Å². The number of rotatable bonds is 3. The Kier molecular flexibility index (Phi) is 4.51. The van der Waals surface area contributed by atoms with E-state index in [1.807, 2.05) is 0 Å². The lowest BCUT2D eigenvalue weighted by Gasteiger charge is -2.11. The van der Waals surface area contributed by atoms with Gasteiger partial charge < -0.3 is 4.74 Å². The number of benzene rings is 1. The molecule has 1 aromatic rings. The molecule has 1 fully saturated rings. The Balaban J connectivity index is 2.24. The second kappa shape index (κ2) is 6.15. The molecule has 1 aliphatic heterocycles. The van der Waals surface area contributed by atoms with Crippen molar-refractivity contribution < 1.29 is 18.7 Å². The minimum atomic E-state index is -0.562. The van der Waals surface area contributed by atoms with Crippen LogP contribution in [0, 0.1) is 5.82 Å². The van der Waals surface area contributed by atoms with Crippen LogP contribution >= 0.6 is 24.0 Å². The van der Waals surface area contributed by atoms with E-state index in [-0.39, 0.29) is 15.8 Å². The second-order valence-corrected chi connectivity index (χ2v) is 5.54. The molecule has 0 spiro atoms. The Labute approximate surface area is 124 Å². The molecule has 0 aromatic heterocycles. The number of esters is 1. The summed E-state index contributed by atoms with van der Waals surface area (Å²) in [6, 6.07) is 6.10. The summed E-state index contributed by atoms with van der Waals surface area (Å²) in [4.78, 5) is 24.7. The lowest BCUT2D eigenvalue weighted by atomic mass is 10.2. The van der Waals surface area contributed by atoms with Gasteiger partial charge in [0.15, 0.2) is 0 Å². The summed E-state index contributed by atoms with van der Waals surface area (Å²) in [5.74, 6) is -1.41. The van der Waals surface area contributed by atoms with Crippen LogP contribution in [0.3, 0.4) is 0 Å². The summed E-state index contributed by atoms with van der Waals surface area (Å²) in [5.41, 5.74) is 0.297. The fourth-order valence-electron chi connectivity index (χ4n) is 1.56. The van der Waals surface area contributed by atoms with E-state index in [0.717, 1.165) is 16.7 Å². The molecule has 104 valence electrons. The van der Waals surface area contributed by atoms with Gasteiger partial charge in [0.05, 0.1) is 12.0 Å². The summed E-state index contributed by atoms with van der Waals surface area (Å²) in [7, 11) is 1.23. The monoisotopic (exact) mass is 311 g/mol. The van der Waals surface area contributed by atoms with Gasteiger partial charge in [-0.2, -0.15) is 0 Å². The quantitative estimate of drug-likeness (QED) is 0.486. The number of halogens is 1. The average molecular weight is 311 g/mol. The highest BCUT2D eigenvalue weighted by atomic mass is 32.2. The van der Waals surface area contributed by atoms with Crippen molar-refractivity contribution in [1.29, 1.82) is 0 Å². The zero-order chi connectivity index (χ0) is 14.7. The molecule has 0 saturated carbocycles. The van der Waals surface area contributed by atoms with Gasteiger partial charge in [0.1, 0.15) is 16.7 Å². The van der Waals surface area contributed by atoms with Crippen LogP contribution in [0.4, 0.5) is 4.39 Å². The molecule has 0 N–H and O–H groups in total. The van der Waals surface area contributed by atoms with Crippen LogP contribution in [0.2, 0.25) is 0 Å². The van der Waals surface area contributed by atoms with Gasteiger partial charge in [-0.25, -0.2) is 4.39 Å². The van der Waals surface area contributed by atoms with E-state index in [1.165, 1.54) is 19.3 Å². The number of thioether (sulfide) groups is 1. The van der Waals surface area contributed by atoms with Crippen LogP contribution in [0.1, 0.15) is 5.56 Å². The molecule has 1 amide bonds. The molecule has 0 radical (unpaired) electrons. The number of ether oxygens (including phenoxy) is 1. The first kappa shape index (κ1) is 14.7. The van der Waals surface area contributed by atoms with E-state index in [9.17, 15) is 14.0 Å². The third-order valence-corrected chi connectivity index (χ3v) is 3.96. The van der Waals surface area contributed by atoms with Crippen LogP contribution in [0.5, 0.6) is 0 Å². The molecule has 0 unspecified atom stereocenters. The smallest absolute Gasteiger partial charge is 0.325 e. The van der Waals surface area contributed by atoms with Crippen molar-refractivity contribution in [3.63, 3.8) is 0 Å². The molecule has 1 aromatic carbocycles. The molecule has 1 saturated heterocycles. The lowest BCUT2D eigenvalue weighted by Crippen LogP contribution is -2.33. The van der Waals surface area contributed by atoms with Gasteiger partial charge in [-0.05, 0) is 12.1 Å². The number of carbonyl (C=O) groups excluding carboxylic acids is 2. The highest BCUT2D eigenvalue weighted by Gasteiger charge is 2.33. The third kappa shape index (κ3) is 3.05. The lowest BCUT2D eigenvalue weighted by molar-refractivity contribution is -0.143. The van der Waals surface area contributed by atoms with Crippen LogP contribution in [0.25, 0.3) is 6.08 Å². The minimum absolute atomic E-state index is 0.240. The molecular weight excluding hydrogens is 301 g/mol. The largest absolute Gasteiger partial charge is 0.468 e. The number of hydrogen-bond acceptors (Lipinski definition) is 5. The van der Waals surface area contributed by atoms with E-state index in [0.29, 0.717) is 5.56 Å². The van der Waals surface area contributed by atoms with Crippen molar-refractivity contribution >= 4 is 46.3 Å². The Bertz CT molecular complexity index is 615. The van der Waals surface area contributed by atoms with Crippen LogP contribution in [-0.4, -0.2) is 34.8 Å². The van der Waals surface area contributed by atoms with E-state index in [2.05, 4.69) is 4.74 Å². The predicted octanol–water partition coefficient (Wildman–Crippen LogP) is 2.20. The summed E-state index contributed by atoms with van der Waals surface area (Å²) in [6.45, 7) is -0.240. The maximum atomic E-state index is 13.5. The van der Waals surface area contributed by atoms with Crippen molar-refractivity contribution in [2.75, 3.05) is 13.7 Å². The van der Waals surface area contributed by atoms with E-state index >= 15 is 0 Å². The number of methoxy groups -OCH3 is 1. The molecule has 7 heteroatoms. The Morgan fingerprint density at radius 1 is 1.50 bits per heavy atom. The summed E-state index contributed by atoms with van der Waals surface area (Å²) in [6.07, 6.45) is 1.42. The van der Waals surface area contributed by atoms with Crippen molar-refractivity contribution in [2.45, 2.75) is 0 Å². The third-order valence-electron chi connectivity index (χ3n) is 2.58. The van der Waals surface area contributed by atoms with E-state index in [1.54, 1.807) is 18.2 Å². The fourth-order valence-corrected chi connectivity index (χ4v) is 2.81. The standard InChI is InChI=1S/C13H10FNO3S2/c1-18-11(16)7-15-12(17)10(20-13(15)19)6-8-4-2-3-5-9(8)14/h2-6H,7H2,1H3. The molecule has 4 nitrogen and oxygen atoms in total. The molecule has 20 heavy (non-hydrogen) atoms. The predicted molar refractivity (Wildman–Crippen MR) is 78.3 cm³/mol. The normalized spacial score (nSPS) is 16.9. The summed E-state index contributed by atoms with van der Waals surface area (Å²) in [5, 5.41) is 0. The molecule has 2 rings (SSSR count). The van der Waals surface area contributed by atoms with Gasteiger partial charge >= 0.3 is 5.97 Å². The van der Waals surface area contributed by atoms with Crippen molar-refractivity contribution in [2.24, 2.45) is 0 Å². The molecule has 0 bridgehead atoms. The molecule has 0 atom stereocenters. The second-order valence-electron chi connectivity index (χ2n) is 3.87.